The average molecular weight is 756 g/mol. The van der Waals surface area contributed by atoms with Crippen molar-refractivity contribution in [1.29, 1.82) is 0 Å². The van der Waals surface area contributed by atoms with Crippen LogP contribution in [-0.4, -0.2) is 15.0 Å². The number of ether oxygens (including phenoxy) is 1. The molecule has 278 valence electrons. The first kappa shape index (κ1) is 33.7. The molecule has 0 bridgehead atoms. The van der Waals surface area contributed by atoms with Crippen molar-refractivity contribution in [2.75, 3.05) is 0 Å². The van der Waals surface area contributed by atoms with Crippen LogP contribution in [0.2, 0.25) is 0 Å². The molecule has 3 aliphatic rings. The van der Waals surface area contributed by atoms with E-state index in [1.165, 1.54) is 61.2 Å². The second-order valence-electron chi connectivity index (χ2n) is 16.3. The van der Waals surface area contributed by atoms with Crippen molar-refractivity contribution >= 4 is 0 Å². The summed E-state index contributed by atoms with van der Waals surface area (Å²) in [6, 6.07) is 66.9. The third kappa shape index (κ3) is 4.80. The van der Waals surface area contributed by atoms with E-state index in [1.807, 2.05) is 24.3 Å². The third-order valence-electron chi connectivity index (χ3n) is 12.8. The van der Waals surface area contributed by atoms with Crippen molar-refractivity contribution in [2.24, 2.45) is 0 Å². The third-order valence-corrected chi connectivity index (χ3v) is 12.8. The van der Waals surface area contributed by atoms with Crippen molar-refractivity contribution in [3.8, 4) is 79.0 Å². The van der Waals surface area contributed by atoms with Gasteiger partial charge in [0.2, 0.25) is 0 Å². The first-order valence-electron chi connectivity index (χ1n) is 20.3. The Balaban J connectivity index is 1.03. The van der Waals surface area contributed by atoms with Crippen LogP contribution in [0.25, 0.3) is 67.5 Å². The number of fused-ring (bicyclic) bond motifs is 13. The summed E-state index contributed by atoms with van der Waals surface area (Å²) in [6.45, 7) is 4.66. The summed E-state index contributed by atoms with van der Waals surface area (Å²) in [5, 5.41) is 0. The minimum Gasteiger partial charge on any atom is -0.456 e. The molecule has 0 unspecified atom stereocenters. The summed E-state index contributed by atoms with van der Waals surface area (Å²) >= 11 is 0. The molecule has 0 radical (unpaired) electrons. The molecule has 0 atom stereocenters. The van der Waals surface area contributed by atoms with Gasteiger partial charge in [-0.3, -0.25) is 0 Å². The first-order valence-corrected chi connectivity index (χ1v) is 20.3. The fourth-order valence-electron chi connectivity index (χ4n) is 10.1. The number of benzene rings is 8. The molecule has 4 heteroatoms. The molecule has 9 aromatic rings. The SMILES string of the molecule is CC1(C)c2ccc(-c3nc(-c4ccccc4)nc(-c4ccc(-c5ccccc5)cc4)n3)cc2-c2ccc3c(c21)Oc1ccccc1C31c2ccccc2-c2ccccc21. The van der Waals surface area contributed by atoms with Crippen LogP contribution in [-0.2, 0) is 10.8 Å². The summed E-state index contributed by atoms with van der Waals surface area (Å²) < 4.78 is 7.15. The number of rotatable bonds is 4. The van der Waals surface area contributed by atoms with Gasteiger partial charge >= 0.3 is 0 Å². The quantitative estimate of drug-likeness (QED) is 0.179. The normalized spacial score (nSPS) is 14.3. The van der Waals surface area contributed by atoms with Gasteiger partial charge in [0.25, 0.3) is 0 Å². The van der Waals surface area contributed by atoms with E-state index in [9.17, 15) is 0 Å². The molecule has 0 saturated carbocycles. The Labute approximate surface area is 343 Å². The van der Waals surface area contributed by atoms with E-state index in [2.05, 4.69) is 178 Å². The highest BCUT2D eigenvalue weighted by Gasteiger charge is 2.53. The molecule has 1 spiro atoms. The lowest BCUT2D eigenvalue weighted by Crippen LogP contribution is -2.33. The predicted molar refractivity (Wildman–Crippen MR) is 237 cm³/mol. The maximum atomic E-state index is 7.15. The molecule has 0 saturated heterocycles. The molecule has 0 fully saturated rings. The standard InChI is InChI=1S/C55H37N3O/c1-54(2)43-31-29-38(53-57-51(36-17-7-4-8-18-36)56-52(58-53)37-27-25-35(26-28-37)34-15-5-3-6-16-34)33-42(43)41-30-32-47-50(49(41)54)59-48-24-14-13-23-46(48)55(47)44-21-11-9-19-39(44)40-20-10-12-22-45(40)55/h3-33H,1-2H3. The highest BCUT2D eigenvalue weighted by atomic mass is 16.5. The fourth-order valence-corrected chi connectivity index (χ4v) is 10.1. The van der Waals surface area contributed by atoms with Crippen LogP contribution in [0.5, 0.6) is 11.5 Å². The molecule has 4 nitrogen and oxygen atoms in total. The summed E-state index contributed by atoms with van der Waals surface area (Å²) in [5.41, 5.74) is 16.6. The Morgan fingerprint density at radius 3 is 1.49 bits per heavy atom. The van der Waals surface area contributed by atoms with E-state index < -0.39 is 5.41 Å². The second-order valence-corrected chi connectivity index (χ2v) is 16.3. The van der Waals surface area contributed by atoms with Gasteiger partial charge in [-0.1, -0.05) is 190 Å². The van der Waals surface area contributed by atoms with Crippen LogP contribution < -0.4 is 4.74 Å². The van der Waals surface area contributed by atoms with Gasteiger partial charge in [0.15, 0.2) is 17.5 Å². The molecule has 12 rings (SSSR count). The molecule has 2 aliphatic carbocycles. The first-order chi connectivity index (χ1) is 29.0. The highest BCUT2D eigenvalue weighted by molar-refractivity contribution is 5.92. The zero-order valence-corrected chi connectivity index (χ0v) is 32.6. The van der Waals surface area contributed by atoms with E-state index in [0.29, 0.717) is 17.5 Å². The van der Waals surface area contributed by atoms with E-state index in [1.54, 1.807) is 0 Å². The molecule has 0 amide bonds. The van der Waals surface area contributed by atoms with Gasteiger partial charge < -0.3 is 4.74 Å². The van der Waals surface area contributed by atoms with Crippen molar-refractivity contribution < 1.29 is 4.74 Å². The van der Waals surface area contributed by atoms with Crippen molar-refractivity contribution in [3.05, 3.63) is 221 Å². The molecular weight excluding hydrogens is 719 g/mol. The van der Waals surface area contributed by atoms with Crippen LogP contribution in [0.3, 0.4) is 0 Å². The van der Waals surface area contributed by atoms with Crippen LogP contribution >= 0.6 is 0 Å². The van der Waals surface area contributed by atoms with E-state index >= 15 is 0 Å². The largest absolute Gasteiger partial charge is 0.456 e. The van der Waals surface area contributed by atoms with Gasteiger partial charge in [-0.2, -0.15) is 0 Å². The molecule has 8 aromatic carbocycles. The molecule has 1 aliphatic heterocycles. The molecule has 0 N–H and O–H groups in total. The summed E-state index contributed by atoms with van der Waals surface area (Å²) in [6.07, 6.45) is 0. The van der Waals surface area contributed by atoms with Gasteiger partial charge in [0.05, 0.1) is 5.41 Å². The topological polar surface area (TPSA) is 47.9 Å². The number of hydrogen-bond acceptors (Lipinski definition) is 4. The van der Waals surface area contributed by atoms with E-state index in [0.717, 1.165) is 33.8 Å². The van der Waals surface area contributed by atoms with Crippen molar-refractivity contribution in [2.45, 2.75) is 24.7 Å². The molecular formula is C55H37N3O. The minimum absolute atomic E-state index is 0.348. The zero-order chi connectivity index (χ0) is 39.3. The summed E-state index contributed by atoms with van der Waals surface area (Å²) in [7, 11) is 0. The van der Waals surface area contributed by atoms with Gasteiger partial charge in [0.1, 0.15) is 11.5 Å². The predicted octanol–water partition coefficient (Wildman–Crippen LogP) is 13.3. The summed E-state index contributed by atoms with van der Waals surface area (Å²) in [4.78, 5) is 15.3. The molecule has 2 heterocycles. The van der Waals surface area contributed by atoms with Crippen molar-refractivity contribution in [3.63, 3.8) is 0 Å². The van der Waals surface area contributed by atoms with Gasteiger partial charge in [0, 0.05) is 38.8 Å². The van der Waals surface area contributed by atoms with Gasteiger partial charge in [-0.05, 0) is 62.2 Å². The van der Waals surface area contributed by atoms with E-state index in [4.69, 9.17) is 19.7 Å². The van der Waals surface area contributed by atoms with E-state index in [-0.39, 0.29) is 5.41 Å². The van der Waals surface area contributed by atoms with Gasteiger partial charge in [-0.15, -0.1) is 0 Å². The lowest BCUT2D eigenvalue weighted by atomic mass is 9.65. The number of nitrogens with zero attached hydrogens (tertiary/aromatic N) is 3. The van der Waals surface area contributed by atoms with Crippen molar-refractivity contribution in [1.82, 2.24) is 15.0 Å². The Hall–Kier alpha value is -7.43. The van der Waals surface area contributed by atoms with Crippen LogP contribution in [0.15, 0.2) is 188 Å². The highest BCUT2D eigenvalue weighted by Crippen LogP contribution is 2.65. The monoisotopic (exact) mass is 755 g/mol. The molecule has 59 heavy (non-hydrogen) atoms. The average Bonchev–Trinajstić information content (AvgIpc) is 3.72. The smallest absolute Gasteiger partial charge is 0.164 e. The lowest BCUT2D eigenvalue weighted by molar-refractivity contribution is 0.422. The Morgan fingerprint density at radius 1 is 0.356 bits per heavy atom. The van der Waals surface area contributed by atoms with Gasteiger partial charge in [-0.25, -0.2) is 15.0 Å². The Bertz CT molecular complexity index is 3110. The van der Waals surface area contributed by atoms with Crippen LogP contribution in [0.1, 0.15) is 47.2 Å². The fraction of sp³-hybridized carbons (Fsp3) is 0.0727. The van der Waals surface area contributed by atoms with Crippen LogP contribution in [0, 0.1) is 0 Å². The summed E-state index contributed by atoms with van der Waals surface area (Å²) in [5.74, 6) is 3.76. The number of hydrogen-bond donors (Lipinski definition) is 0. The lowest BCUT2D eigenvalue weighted by Gasteiger charge is -2.41. The zero-order valence-electron chi connectivity index (χ0n) is 32.6. The number of aromatic nitrogens is 3. The second kappa shape index (κ2) is 12.5. The minimum atomic E-state index is -0.517. The molecule has 1 aromatic heterocycles. The Morgan fingerprint density at radius 2 is 0.831 bits per heavy atom. The maximum Gasteiger partial charge on any atom is 0.164 e. The maximum absolute atomic E-state index is 7.15. The number of para-hydroxylation sites is 1. The van der Waals surface area contributed by atoms with Crippen LogP contribution in [0.4, 0.5) is 0 Å². The Kier molecular flexibility index (Phi) is 7.16.